The second kappa shape index (κ2) is 6.71. The first-order valence-electron chi connectivity index (χ1n) is 7.34. The molecule has 23 heavy (non-hydrogen) atoms. The molecule has 1 N–H and O–H groups in total. The summed E-state index contributed by atoms with van der Waals surface area (Å²) in [5.74, 6) is 0.166. The Labute approximate surface area is 133 Å². The molecular weight excluding hydrogens is 296 g/mol. The summed E-state index contributed by atoms with van der Waals surface area (Å²) in [7, 11) is 1.87. The highest BCUT2D eigenvalue weighted by molar-refractivity contribution is 5.27. The Kier molecular flexibility index (Phi) is 4.48. The van der Waals surface area contributed by atoms with Crippen molar-refractivity contribution in [1.29, 1.82) is 0 Å². The van der Waals surface area contributed by atoms with E-state index in [4.69, 9.17) is 0 Å². The molecule has 5 heteroatoms. The van der Waals surface area contributed by atoms with Crippen molar-refractivity contribution in [3.8, 4) is 0 Å². The van der Waals surface area contributed by atoms with Crippen molar-refractivity contribution in [3.05, 3.63) is 89.5 Å². The van der Waals surface area contributed by atoms with Crippen molar-refractivity contribution < 1.29 is 8.78 Å². The lowest BCUT2D eigenvalue weighted by Crippen LogP contribution is -2.25. The van der Waals surface area contributed by atoms with E-state index in [2.05, 4.69) is 10.3 Å². The van der Waals surface area contributed by atoms with Crippen molar-refractivity contribution in [2.75, 3.05) is 0 Å². The number of aromatic nitrogens is 2. The monoisotopic (exact) mass is 313 g/mol. The van der Waals surface area contributed by atoms with Crippen molar-refractivity contribution in [2.24, 2.45) is 7.05 Å². The fraction of sp³-hybridized carbons (Fsp3) is 0.167. The van der Waals surface area contributed by atoms with Crippen molar-refractivity contribution >= 4 is 0 Å². The molecule has 0 saturated heterocycles. The van der Waals surface area contributed by atoms with E-state index < -0.39 is 0 Å². The first kappa shape index (κ1) is 15.4. The summed E-state index contributed by atoms with van der Waals surface area (Å²) in [6, 6.07) is 12.6. The number of imidazole rings is 1. The molecule has 1 heterocycles. The Morgan fingerprint density at radius 1 is 1.13 bits per heavy atom. The fourth-order valence-electron chi connectivity index (χ4n) is 2.55. The van der Waals surface area contributed by atoms with E-state index in [0.717, 1.165) is 11.4 Å². The summed E-state index contributed by atoms with van der Waals surface area (Å²) >= 11 is 0. The van der Waals surface area contributed by atoms with Gasteiger partial charge in [-0.05, 0) is 23.8 Å². The van der Waals surface area contributed by atoms with E-state index in [1.807, 2.05) is 23.9 Å². The van der Waals surface area contributed by atoms with Crippen LogP contribution in [0.25, 0.3) is 0 Å². The molecule has 118 valence electrons. The minimum atomic E-state index is -0.328. The summed E-state index contributed by atoms with van der Waals surface area (Å²) in [4.78, 5) is 4.34. The van der Waals surface area contributed by atoms with Crippen LogP contribution in [0, 0.1) is 11.6 Å². The van der Waals surface area contributed by atoms with E-state index in [1.54, 1.807) is 30.5 Å². The van der Waals surface area contributed by atoms with Crippen LogP contribution in [0.4, 0.5) is 8.78 Å². The SMILES string of the molecule is Cn1ccnc1[C@H](NCc1ccccc1F)c1cccc(F)c1. The second-order valence-corrected chi connectivity index (χ2v) is 5.36. The molecule has 0 radical (unpaired) electrons. The van der Waals surface area contributed by atoms with Gasteiger partial charge in [0.2, 0.25) is 0 Å². The zero-order valence-corrected chi connectivity index (χ0v) is 12.7. The predicted octanol–water partition coefficient (Wildman–Crippen LogP) is 3.58. The standard InChI is InChI=1S/C18H17F2N3/c1-23-10-9-21-18(23)17(13-6-4-7-15(19)11-13)22-12-14-5-2-3-8-16(14)20/h2-11,17,22H,12H2,1H3/t17-/m1/s1. The van der Waals surface area contributed by atoms with Crippen molar-refractivity contribution in [3.63, 3.8) is 0 Å². The summed E-state index contributed by atoms with van der Waals surface area (Å²) in [6.45, 7) is 0.320. The molecule has 2 aromatic carbocycles. The van der Waals surface area contributed by atoms with E-state index in [1.165, 1.54) is 18.2 Å². The Bertz CT molecular complexity index is 798. The highest BCUT2D eigenvalue weighted by Crippen LogP contribution is 2.22. The Morgan fingerprint density at radius 3 is 2.65 bits per heavy atom. The third-order valence-corrected chi connectivity index (χ3v) is 3.75. The zero-order valence-electron chi connectivity index (χ0n) is 12.7. The van der Waals surface area contributed by atoms with Gasteiger partial charge in [-0.1, -0.05) is 30.3 Å². The predicted molar refractivity (Wildman–Crippen MR) is 84.7 cm³/mol. The summed E-state index contributed by atoms with van der Waals surface area (Å²) in [5.41, 5.74) is 1.30. The first-order valence-corrected chi connectivity index (χ1v) is 7.34. The van der Waals surface area contributed by atoms with Gasteiger partial charge in [0.05, 0.1) is 6.04 Å². The highest BCUT2D eigenvalue weighted by atomic mass is 19.1. The van der Waals surface area contributed by atoms with E-state index in [9.17, 15) is 8.78 Å². The first-order chi connectivity index (χ1) is 11.1. The largest absolute Gasteiger partial charge is 0.336 e. The third-order valence-electron chi connectivity index (χ3n) is 3.75. The van der Waals surface area contributed by atoms with Gasteiger partial charge in [-0.15, -0.1) is 0 Å². The van der Waals surface area contributed by atoms with Gasteiger partial charge in [0.1, 0.15) is 17.5 Å². The molecule has 3 aromatic rings. The van der Waals surface area contributed by atoms with Crippen LogP contribution in [0.3, 0.4) is 0 Å². The molecule has 0 saturated carbocycles. The number of benzene rings is 2. The lowest BCUT2D eigenvalue weighted by molar-refractivity contribution is 0.531. The lowest BCUT2D eigenvalue weighted by atomic mass is 10.1. The van der Waals surface area contributed by atoms with Crippen LogP contribution >= 0.6 is 0 Å². The summed E-state index contributed by atoms with van der Waals surface area (Å²) in [6.07, 6.45) is 3.51. The average molecular weight is 313 g/mol. The number of hydrogen-bond acceptors (Lipinski definition) is 2. The van der Waals surface area contributed by atoms with Gasteiger partial charge in [-0.3, -0.25) is 5.32 Å². The zero-order chi connectivity index (χ0) is 16.2. The van der Waals surface area contributed by atoms with Gasteiger partial charge in [0.25, 0.3) is 0 Å². The Hall–Kier alpha value is -2.53. The van der Waals surface area contributed by atoms with Crippen LogP contribution < -0.4 is 5.32 Å². The molecule has 0 amide bonds. The van der Waals surface area contributed by atoms with Crippen LogP contribution in [0.15, 0.2) is 60.9 Å². The number of hydrogen-bond donors (Lipinski definition) is 1. The molecule has 0 aliphatic heterocycles. The van der Waals surface area contributed by atoms with E-state index in [0.29, 0.717) is 12.1 Å². The fourth-order valence-corrected chi connectivity index (χ4v) is 2.55. The lowest BCUT2D eigenvalue weighted by Gasteiger charge is -2.19. The van der Waals surface area contributed by atoms with Crippen LogP contribution in [-0.2, 0) is 13.6 Å². The number of aryl methyl sites for hydroxylation is 1. The molecule has 0 aliphatic carbocycles. The summed E-state index contributed by atoms with van der Waals surface area (Å²) in [5, 5.41) is 3.27. The third kappa shape index (κ3) is 3.46. The van der Waals surface area contributed by atoms with Gasteiger partial charge in [0.15, 0.2) is 0 Å². The van der Waals surface area contributed by atoms with Crippen molar-refractivity contribution in [2.45, 2.75) is 12.6 Å². The Morgan fingerprint density at radius 2 is 1.96 bits per heavy atom. The normalized spacial score (nSPS) is 12.3. The van der Waals surface area contributed by atoms with Gasteiger partial charge in [0, 0.05) is 31.5 Å². The van der Waals surface area contributed by atoms with Gasteiger partial charge in [-0.2, -0.15) is 0 Å². The maximum Gasteiger partial charge on any atom is 0.130 e. The number of rotatable bonds is 5. The molecule has 3 rings (SSSR count). The minimum Gasteiger partial charge on any atom is -0.336 e. The van der Waals surface area contributed by atoms with E-state index >= 15 is 0 Å². The molecule has 3 nitrogen and oxygen atoms in total. The van der Waals surface area contributed by atoms with Gasteiger partial charge >= 0.3 is 0 Å². The molecular formula is C18H17F2N3. The minimum absolute atomic E-state index is 0.266. The van der Waals surface area contributed by atoms with Crippen LogP contribution in [-0.4, -0.2) is 9.55 Å². The van der Waals surface area contributed by atoms with Crippen LogP contribution in [0.1, 0.15) is 23.0 Å². The maximum absolute atomic E-state index is 13.8. The molecule has 0 fully saturated rings. The smallest absolute Gasteiger partial charge is 0.130 e. The number of nitrogens with one attached hydrogen (secondary N) is 1. The van der Waals surface area contributed by atoms with E-state index in [-0.39, 0.29) is 17.7 Å². The quantitative estimate of drug-likeness (QED) is 0.780. The Balaban J connectivity index is 1.90. The van der Waals surface area contributed by atoms with Crippen LogP contribution in [0.2, 0.25) is 0 Å². The van der Waals surface area contributed by atoms with Crippen molar-refractivity contribution in [1.82, 2.24) is 14.9 Å². The maximum atomic E-state index is 13.8. The number of halogens is 2. The topological polar surface area (TPSA) is 29.9 Å². The molecule has 0 unspecified atom stereocenters. The molecule has 1 aromatic heterocycles. The average Bonchev–Trinajstić information content (AvgIpc) is 2.95. The van der Waals surface area contributed by atoms with Gasteiger partial charge < -0.3 is 4.57 Å². The van der Waals surface area contributed by atoms with Crippen LogP contribution in [0.5, 0.6) is 0 Å². The second-order valence-electron chi connectivity index (χ2n) is 5.36. The molecule has 0 aliphatic rings. The highest BCUT2D eigenvalue weighted by Gasteiger charge is 2.18. The van der Waals surface area contributed by atoms with Gasteiger partial charge in [-0.25, -0.2) is 13.8 Å². The molecule has 0 spiro atoms. The molecule has 0 bridgehead atoms. The summed E-state index contributed by atoms with van der Waals surface area (Å²) < 4.78 is 29.3. The number of nitrogens with zero attached hydrogens (tertiary/aromatic N) is 2. The molecule has 1 atom stereocenters.